The molecule has 0 spiro atoms. The second-order valence-corrected chi connectivity index (χ2v) is 5.23. The molecule has 0 heterocycles. The lowest BCUT2D eigenvalue weighted by Crippen LogP contribution is -2.17. The number of nitrogens with one attached hydrogen (secondary N) is 1. The molecule has 1 nitrogen and oxygen atoms in total. The van der Waals surface area contributed by atoms with E-state index in [-0.39, 0.29) is 0 Å². The van der Waals surface area contributed by atoms with Crippen LogP contribution in [0.2, 0.25) is 5.02 Å². The summed E-state index contributed by atoms with van der Waals surface area (Å²) >= 11 is 6.04. The van der Waals surface area contributed by atoms with Gasteiger partial charge in [0.05, 0.1) is 0 Å². The van der Waals surface area contributed by atoms with Crippen molar-refractivity contribution in [2.75, 3.05) is 7.05 Å². The van der Waals surface area contributed by atoms with E-state index in [1.165, 1.54) is 18.4 Å². The summed E-state index contributed by atoms with van der Waals surface area (Å²) in [6.45, 7) is 6.58. The Morgan fingerprint density at radius 3 is 2.44 bits per heavy atom. The first-order valence-corrected chi connectivity index (χ1v) is 6.35. The Bertz CT molecular complexity index is 334. The van der Waals surface area contributed by atoms with E-state index in [2.05, 4.69) is 38.2 Å². The van der Waals surface area contributed by atoms with Gasteiger partial charge in [-0.25, -0.2) is 0 Å². The predicted octanol–water partition coefficient (Wildman–Crippen LogP) is 4.35. The fraction of sp³-hybridized carbons (Fsp3) is 0.571. The minimum absolute atomic E-state index is 0.443. The average Bonchev–Trinajstić information content (AvgIpc) is 2.23. The van der Waals surface area contributed by atoms with E-state index in [1.807, 2.05) is 13.1 Å². The minimum Gasteiger partial charge on any atom is -0.313 e. The maximum absolute atomic E-state index is 6.04. The van der Waals surface area contributed by atoms with Gasteiger partial charge in [0.25, 0.3) is 0 Å². The Hall–Kier alpha value is -0.530. The van der Waals surface area contributed by atoms with Crippen LogP contribution in [0.5, 0.6) is 0 Å². The van der Waals surface area contributed by atoms with E-state index in [0.29, 0.717) is 6.04 Å². The molecule has 0 aliphatic heterocycles. The SMILES string of the molecule is CNC(CCC(C)C)c1ccc(Cl)c(C)c1. The Balaban J connectivity index is 2.74. The summed E-state index contributed by atoms with van der Waals surface area (Å²) in [6.07, 6.45) is 2.42. The molecule has 0 fully saturated rings. The van der Waals surface area contributed by atoms with Gasteiger partial charge in [-0.3, -0.25) is 0 Å². The molecule has 0 amide bonds. The summed E-state index contributed by atoms with van der Waals surface area (Å²) < 4.78 is 0. The summed E-state index contributed by atoms with van der Waals surface area (Å²) in [5.74, 6) is 0.754. The maximum atomic E-state index is 6.04. The van der Waals surface area contributed by atoms with Gasteiger partial charge in [-0.15, -0.1) is 0 Å². The average molecular weight is 240 g/mol. The van der Waals surface area contributed by atoms with Crippen LogP contribution in [0, 0.1) is 12.8 Å². The highest BCUT2D eigenvalue weighted by molar-refractivity contribution is 6.31. The van der Waals surface area contributed by atoms with Crippen LogP contribution in [0.4, 0.5) is 0 Å². The third kappa shape index (κ3) is 3.80. The van der Waals surface area contributed by atoms with Crippen molar-refractivity contribution in [3.63, 3.8) is 0 Å². The summed E-state index contributed by atoms with van der Waals surface area (Å²) in [6, 6.07) is 6.74. The van der Waals surface area contributed by atoms with Crippen LogP contribution in [0.3, 0.4) is 0 Å². The standard InChI is InChI=1S/C14H22ClN/c1-10(2)5-8-14(16-4)12-6-7-13(15)11(3)9-12/h6-7,9-10,14,16H,5,8H2,1-4H3. The quantitative estimate of drug-likeness (QED) is 0.806. The van der Waals surface area contributed by atoms with Crippen molar-refractivity contribution in [1.82, 2.24) is 5.32 Å². The molecule has 0 radical (unpaired) electrons. The van der Waals surface area contributed by atoms with Gasteiger partial charge in [-0.2, -0.15) is 0 Å². The third-order valence-electron chi connectivity index (χ3n) is 2.97. The second kappa shape index (κ2) is 6.27. The first-order chi connectivity index (χ1) is 7.54. The van der Waals surface area contributed by atoms with Gasteiger partial charge in [0.2, 0.25) is 0 Å². The Morgan fingerprint density at radius 2 is 1.94 bits per heavy atom. The summed E-state index contributed by atoms with van der Waals surface area (Å²) in [5, 5.41) is 4.23. The van der Waals surface area contributed by atoms with Crippen LogP contribution in [0.15, 0.2) is 18.2 Å². The second-order valence-electron chi connectivity index (χ2n) is 4.82. The lowest BCUT2D eigenvalue weighted by Gasteiger charge is -2.18. The number of hydrogen-bond donors (Lipinski definition) is 1. The smallest absolute Gasteiger partial charge is 0.0435 e. The molecule has 0 aromatic heterocycles. The van der Waals surface area contributed by atoms with Crippen LogP contribution < -0.4 is 5.32 Å². The van der Waals surface area contributed by atoms with Crippen molar-refractivity contribution in [3.05, 3.63) is 34.3 Å². The van der Waals surface area contributed by atoms with E-state index in [1.54, 1.807) is 0 Å². The lowest BCUT2D eigenvalue weighted by molar-refractivity contribution is 0.465. The van der Waals surface area contributed by atoms with Gasteiger partial charge in [-0.1, -0.05) is 37.6 Å². The first kappa shape index (κ1) is 13.5. The van der Waals surface area contributed by atoms with Gasteiger partial charge in [0, 0.05) is 11.1 Å². The van der Waals surface area contributed by atoms with Gasteiger partial charge in [0.15, 0.2) is 0 Å². The van der Waals surface area contributed by atoms with Crippen LogP contribution in [-0.2, 0) is 0 Å². The summed E-state index contributed by atoms with van der Waals surface area (Å²) in [5.41, 5.74) is 2.49. The van der Waals surface area contributed by atoms with Crippen LogP contribution in [-0.4, -0.2) is 7.05 Å². The number of aryl methyl sites for hydroxylation is 1. The van der Waals surface area contributed by atoms with Crippen molar-refractivity contribution in [2.24, 2.45) is 5.92 Å². The fourth-order valence-electron chi connectivity index (χ4n) is 1.86. The molecule has 0 bridgehead atoms. The largest absolute Gasteiger partial charge is 0.313 e. The van der Waals surface area contributed by atoms with Gasteiger partial charge in [-0.05, 0) is 49.9 Å². The van der Waals surface area contributed by atoms with E-state index in [0.717, 1.165) is 16.5 Å². The Morgan fingerprint density at radius 1 is 1.25 bits per heavy atom. The fourth-order valence-corrected chi connectivity index (χ4v) is 1.98. The molecule has 0 saturated carbocycles. The minimum atomic E-state index is 0.443. The van der Waals surface area contributed by atoms with Crippen LogP contribution >= 0.6 is 11.6 Å². The normalized spacial score (nSPS) is 13.1. The number of rotatable bonds is 5. The highest BCUT2D eigenvalue weighted by Gasteiger charge is 2.10. The molecule has 0 aliphatic carbocycles. The van der Waals surface area contributed by atoms with Crippen molar-refractivity contribution in [3.8, 4) is 0 Å². The van der Waals surface area contributed by atoms with Crippen molar-refractivity contribution < 1.29 is 0 Å². The number of halogens is 1. The van der Waals surface area contributed by atoms with E-state index in [4.69, 9.17) is 11.6 Å². The molecule has 0 aliphatic rings. The Kier molecular flexibility index (Phi) is 5.30. The third-order valence-corrected chi connectivity index (χ3v) is 3.39. The van der Waals surface area contributed by atoms with Crippen molar-refractivity contribution in [2.45, 2.75) is 39.7 Å². The molecule has 1 aromatic rings. The zero-order valence-electron chi connectivity index (χ0n) is 10.7. The zero-order chi connectivity index (χ0) is 12.1. The number of hydrogen-bond acceptors (Lipinski definition) is 1. The van der Waals surface area contributed by atoms with Gasteiger partial charge in [0.1, 0.15) is 0 Å². The highest BCUT2D eigenvalue weighted by atomic mass is 35.5. The van der Waals surface area contributed by atoms with Crippen molar-refractivity contribution in [1.29, 1.82) is 0 Å². The molecule has 1 rings (SSSR count). The van der Waals surface area contributed by atoms with Gasteiger partial charge < -0.3 is 5.32 Å². The number of benzene rings is 1. The molecule has 1 N–H and O–H groups in total. The molecular formula is C14H22ClN. The molecule has 16 heavy (non-hydrogen) atoms. The van der Waals surface area contributed by atoms with E-state index >= 15 is 0 Å². The topological polar surface area (TPSA) is 12.0 Å². The molecule has 2 heteroatoms. The van der Waals surface area contributed by atoms with E-state index < -0.39 is 0 Å². The van der Waals surface area contributed by atoms with Crippen LogP contribution in [0.1, 0.15) is 43.9 Å². The Labute approximate surface area is 104 Å². The lowest BCUT2D eigenvalue weighted by atomic mass is 9.97. The monoisotopic (exact) mass is 239 g/mol. The summed E-state index contributed by atoms with van der Waals surface area (Å²) in [7, 11) is 2.02. The van der Waals surface area contributed by atoms with Gasteiger partial charge >= 0.3 is 0 Å². The summed E-state index contributed by atoms with van der Waals surface area (Å²) in [4.78, 5) is 0. The maximum Gasteiger partial charge on any atom is 0.0435 e. The first-order valence-electron chi connectivity index (χ1n) is 5.98. The zero-order valence-corrected chi connectivity index (χ0v) is 11.4. The molecule has 1 atom stereocenters. The molecule has 1 unspecified atom stereocenters. The van der Waals surface area contributed by atoms with E-state index in [9.17, 15) is 0 Å². The predicted molar refractivity (Wildman–Crippen MR) is 72.1 cm³/mol. The van der Waals surface area contributed by atoms with Crippen LogP contribution in [0.25, 0.3) is 0 Å². The van der Waals surface area contributed by atoms with Crippen molar-refractivity contribution >= 4 is 11.6 Å². The molecule has 90 valence electrons. The molecule has 1 aromatic carbocycles. The molecular weight excluding hydrogens is 218 g/mol. The highest BCUT2D eigenvalue weighted by Crippen LogP contribution is 2.24. The molecule has 0 saturated heterocycles.